The Hall–Kier alpha value is -1.32. The van der Waals surface area contributed by atoms with Gasteiger partial charge in [0.2, 0.25) is 0 Å². The molecule has 1 atom stereocenters. The minimum Gasteiger partial charge on any atom is -0.481 e. The maximum atomic E-state index is 12.6. The molecule has 1 unspecified atom stereocenters. The van der Waals surface area contributed by atoms with Crippen molar-refractivity contribution in [1.29, 1.82) is 0 Å². The third-order valence-electron chi connectivity index (χ3n) is 8.72. The lowest BCUT2D eigenvalue weighted by atomic mass is 10.0. The Bertz CT molecular complexity index is 614. The number of carbonyl (C=O) groups is 2. The van der Waals surface area contributed by atoms with Crippen LogP contribution in [0.25, 0.3) is 0 Å². The van der Waals surface area contributed by atoms with Crippen LogP contribution < -0.4 is 0 Å². The van der Waals surface area contributed by atoms with Crippen LogP contribution in [0.3, 0.4) is 0 Å². The summed E-state index contributed by atoms with van der Waals surface area (Å²) in [5.41, 5.74) is 0. The Morgan fingerprint density at radius 3 is 1.33 bits per heavy atom. The Morgan fingerprint density at radius 1 is 0.512 bits per heavy atom. The smallest absolute Gasteiger partial charge is 0.306 e. The lowest BCUT2D eigenvalue weighted by Crippen LogP contribution is -2.16. The molecule has 0 aromatic heterocycles. The van der Waals surface area contributed by atoms with Crippen molar-refractivity contribution in [3.8, 4) is 0 Å². The predicted molar refractivity (Wildman–Crippen MR) is 186 cm³/mol. The van der Waals surface area contributed by atoms with Crippen molar-refractivity contribution in [3.05, 3.63) is 12.2 Å². The number of hydrogen-bond donors (Lipinski definition) is 1. The summed E-state index contributed by atoms with van der Waals surface area (Å²) < 4.78 is 5.91. The van der Waals surface area contributed by atoms with Crippen LogP contribution in [0.15, 0.2) is 12.2 Å². The number of carbonyl (C=O) groups excluding carboxylic acids is 1. The number of carboxylic acids is 1. The maximum absolute atomic E-state index is 12.6. The van der Waals surface area contributed by atoms with Gasteiger partial charge in [-0.3, -0.25) is 9.59 Å². The molecule has 254 valence electrons. The van der Waals surface area contributed by atoms with E-state index in [4.69, 9.17) is 9.84 Å². The third kappa shape index (κ3) is 35.0. The van der Waals surface area contributed by atoms with Crippen LogP contribution in [-0.4, -0.2) is 23.1 Å². The first-order valence-electron chi connectivity index (χ1n) is 19.2. The van der Waals surface area contributed by atoms with Gasteiger partial charge >= 0.3 is 11.9 Å². The van der Waals surface area contributed by atoms with Crippen molar-refractivity contribution >= 4 is 11.9 Å². The van der Waals surface area contributed by atoms with Crippen molar-refractivity contribution in [1.82, 2.24) is 0 Å². The van der Waals surface area contributed by atoms with Gasteiger partial charge in [-0.2, -0.15) is 0 Å². The molecule has 4 nitrogen and oxygen atoms in total. The van der Waals surface area contributed by atoms with Gasteiger partial charge in [-0.1, -0.05) is 174 Å². The molecule has 0 aromatic rings. The molecule has 0 fully saturated rings. The lowest BCUT2D eigenvalue weighted by Gasteiger charge is -2.15. The molecule has 0 saturated heterocycles. The average molecular weight is 607 g/mol. The summed E-state index contributed by atoms with van der Waals surface area (Å²) in [5, 5.41) is 8.76. The highest BCUT2D eigenvalue weighted by Gasteiger charge is 2.11. The van der Waals surface area contributed by atoms with E-state index in [-0.39, 0.29) is 18.5 Å². The SMILES string of the molecule is CCCCCCCC/C=C\C(CCCCCCCCC(=O)O)OC(=O)CCCCCCCCCCCCCCCCCC. The van der Waals surface area contributed by atoms with Gasteiger partial charge in [-0.05, 0) is 44.6 Å². The van der Waals surface area contributed by atoms with Gasteiger partial charge < -0.3 is 9.84 Å². The number of unbranched alkanes of at least 4 members (excludes halogenated alkanes) is 26. The van der Waals surface area contributed by atoms with E-state index in [9.17, 15) is 9.59 Å². The normalized spacial score (nSPS) is 12.2. The number of carboxylic acid groups (broad SMARTS) is 1. The third-order valence-corrected chi connectivity index (χ3v) is 8.72. The molecule has 0 aromatic carbocycles. The van der Waals surface area contributed by atoms with Gasteiger partial charge in [0, 0.05) is 12.8 Å². The zero-order valence-electron chi connectivity index (χ0n) is 29.0. The Morgan fingerprint density at radius 2 is 0.884 bits per heavy atom. The van der Waals surface area contributed by atoms with Crippen LogP contribution in [0.5, 0.6) is 0 Å². The number of aliphatic carboxylic acids is 1. The van der Waals surface area contributed by atoms with Crippen LogP contribution >= 0.6 is 0 Å². The summed E-state index contributed by atoms with van der Waals surface area (Å²) >= 11 is 0. The molecule has 0 heterocycles. The minimum atomic E-state index is -0.697. The predicted octanol–water partition coefficient (Wildman–Crippen LogP) is 13.1. The first kappa shape index (κ1) is 41.7. The summed E-state index contributed by atoms with van der Waals surface area (Å²) in [6.07, 6.45) is 42.4. The summed E-state index contributed by atoms with van der Waals surface area (Å²) in [7, 11) is 0. The largest absolute Gasteiger partial charge is 0.481 e. The molecule has 0 radical (unpaired) electrons. The average Bonchev–Trinajstić information content (AvgIpc) is 2.99. The number of hydrogen-bond acceptors (Lipinski definition) is 3. The van der Waals surface area contributed by atoms with Crippen LogP contribution in [0, 0.1) is 0 Å². The number of allylic oxidation sites excluding steroid dienone is 1. The van der Waals surface area contributed by atoms with E-state index in [1.165, 1.54) is 128 Å². The van der Waals surface area contributed by atoms with Crippen LogP contribution in [0.1, 0.15) is 219 Å². The molecule has 0 rings (SSSR count). The highest BCUT2D eigenvalue weighted by Crippen LogP contribution is 2.17. The second kappa shape index (κ2) is 35.2. The van der Waals surface area contributed by atoms with Gasteiger partial charge in [0.15, 0.2) is 0 Å². The van der Waals surface area contributed by atoms with E-state index in [1.54, 1.807) is 0 Å². The first-order chi connectivity index (χ1) is 21.1. The highest BCUT2D eigenvalue weighted by molar-refractivity contribution is 5.69. The van der Waals surface area contributed by atoms with E-state index >= 15 is 0 Å². The van der Waals surface area contributed by atoms with E-state index in [1.807, 2.05) is 0 Å². The molecule has 1 N–H and O–H groups in total. The van der Waals surface area contributed by atoms with Gasteiger partial charge in [-0.25, -0.2) is 0 Å². The van der Waals surface area contributed by atoms with E-state index in [0.717, 1.165) is 64.2 Å². The Kier molecular flexibility index (Phi) is 34.1. The molecule has 4 heteroatoms. The second-order valence-corrected chi connectivity index (χ2v) is 13.1. The van der Waals surface area contributed by atoms with Crippen LogP contribution in [-0.2, 0) is 14.3 Å². The molecule has 0 aliphatic carbocycles. The van der Waals surface area contributed by atoms with Crippen LogP contribution in [0.4, 0.5) is 0 Å². The van der Waals surface area contributed by atoms with E-state index in [0.29, 0.717) is 6.42 Å². The minimum absolute atomic E-state index is 0.0340. The Balaban J connectivity index is 3.97. The Labute approximate surface area is 268 Å². The molecular formula is C39H74O4. The maximum Gasteiger partial charge on any atom is 0.306 e. The van der Waals surface area contributed by atoms with Gasteiger partial charge in [0.05, 0.1) is 0 Å². The van der Waals surface area contributed by atoms with Crippen molar-refractivity contribution in [2.75, 3.05) is 0 Å². The van der Waals surface area contributed by atoms with E-state index < -0.39 is 5.97 Å². The quantitative estimate of drug-likeness (QED) is 0.0443. The number of esters is 1. The van der Waals surface area contributed by atoms with Gasteiger partial charge in [0.1, 0.15) is 6.10 Å². The van der Waals surface area contributed by atoms with Crippen molar-refractivity contribution in [2.45, 2.75) is 225 Å². The first-order valence-corrected chi connectivity index (χ1v) is 19.2. The van der Waals surface area contributed by atoms with Gasteiger partial charge in [-0.15, -0.1) is 0 Å². The molecule has 43 heavy (non-hydrogen) atoms. The number of ether oxygens (including phenoxy) is 1. The second-order valence-electron chi connectivity index (χ2n) is 13.1. The lowest BCUT2D eigenvalue weighted by molar-refractivity contribution is -0.147. The standard InChI is InChI=1S/C39H74O4/c1-3-5-7-9-11-13-14-15-16-17-18-19-20-22-28-32-36-39(42)43-37(33-29-25-21-12-10-8-6-4-2)34-30-26-23-24-27-31-35-38(40)41/h29,33,37H,3-28,30-32,34-36H2,1-2H3,(H,40,41)/b33-29-. The fourth-order valence-electron chi connectivity index (χ4n) is 5.86. The van der Waals surface area contributed by atoms with Crippen molar-refractivity contribution in [2.24, 2.45) is 0 Å². The fraction of sp³-hybridized carbons (Fsp3) is 0.897. The fourth-order valence-corrected chi connectivity index (χ4v) is 5.86. The molecule has 0 amide bonds. The zero-order chi connectivity index (χ0) is 31.5. The van der Waals surface area contributed by atoms with Crippen molar-refractivity contribution in [3.63, 3.8) is 0 Å². The molecule has 0 saturated carbocycles. The summed E-state index contributed by atoms with van der Waals surface area (Å²) in [6.45, 7) is 4.54. The molecule has 0 aliphatic rings. The van der Waals surface area contributed by atoms with Gasteiger partial charge in [0.25, 0.3) is 0 Å². The summed E-state index contributed by atoms with van der Waals surface area (Å²) in [5.74, 6) is -0.731. The topological polar surface area (TPSA) is 63.6 Å². The number of rotatable bonds is 35. The molecular weight excluding hydrogens is 532 g/mol. The van der Waals surface area contributed by atoms with Crippen molar-refractivity contribution < 1.29 is 19.4 Å². The molecule has 0 spiro atoms. The summed E-state index contributed by atoms with van der Waals surface area (Å²) in [6, 6.07) is 0. The highest BCUT2D eigenvalue weighted by atomic mass is 16.5. The monoisotopic (exact) mass is 607 g/mol. The zero-order valence-corrected chi connectivity index (χ0v) is 29.0. The van der Waals surface area contributed by atoms with E-state index in [2.05, 4.69) is 26.0 Å². The molecule has 0 aliphatic heterocycles. The molecule has 0 bridgehead atoms. The van der Waals surface area contributed by atoms with Crippen LogP contribution in [0.2, 0.25) is 0 Å². The summed E-state index contributed by atoms with van der Waals surface area (Å²) in [4.78, 5) is 23.2.